The number of methoxy groups -OCH3 is 1. The Morgan fingerprint density at radius 1 is 1.22 bits per heavy atom. The minimum atomic E-state index is -0.744. The van der Waals surface area contributed by atoms with Crippen molar-refractivity contribution < 1.29 is 28.8 Å². The summed E-state index contributed by atoms with van der Waals surface area (Å²) in [5.41, 5.74) is 1.44. The van der Waals surface area contributed by atoms with Crippen molar-refractivity contribution in [3.05, 3.63) is 58.1 Å². The van der Waals surface area contributed by atoms with E-state index in [1.807, 2.05) is 31.2 Å². The number of hydrogen-bond acceptors (Lipinski definition) is 7. The molecule has 1 atom stereocenters. The molecule has 10 nitrogen and oxygen atoms in total. The van der Waals surface area contributed by atoms with Crippen LogP contribution in [0.15, 0.2) is 42.5 Å². The molecule has 2 amide bonds. The van der Waals surface area contributed by atoms with E-state index in [1.54, 1.807) is 0 Å². The van der Waals surface area contributed by atoms with Crippen LogP contribution in [0.2, 0.25) is 0 Å². The number of aryl methyl sites for hydroxylation is 1. The van der Waals surface area contributed by atoms with Crippen molar-refractivity contribution in [2.45, 2.75) is 19.8 Å². The van der Waals surface area contributed by atoms with E-state index in [4.69, 9.17) is 9.47 Å². The summed E-state index contributed by atoms with van der Waals surface area (Å²) in [5.74, 6) is -2.01. The lowest BCUT2D eigenvalue weighted by Crippen LogP contribution is -2.28. The number of ether oxygens (including phenoxy) is 2. The largest absolute Gasteiger partial charge is 0.497 e. The maximum atomic E-state index is 12.4. The smallest absolute Gasteiger partial charge is 0.311 e. The molecule has 1 aliphatic heterocycles. The van der Waals surface area contributed by atoms with Crippen LogP contribution in [-0.4, -0.2) is 43.0 Å². The van der Waals surface area contributed by atoms with Crippen molar-refractivity contribution in [3.8, 4) is 5.75 Å². The maximum absolute atomic E-state index is 12.4. The van der Waals surface area contributed by atoms with Gasteiger partial charge in [-0.1, -0.05) is 19.1 Å². The van der Waals surface area contributed by atoms with Gasteiger partial charge in [-0.15, -0.1) is 0 Å². The van der Waals surface area contributed by atoms with Gasteiger partial charge >= 0.3 is 5.97 Å². The lowest BCUT2D eigenvalue weighted by molar-refractivity contribution is -0.383. The van der Waals surface area contributed by atoms with Gasteiger partial charge in [-0.05, 0) is 30.2 Å². The Balaban J connectivity index is 1.57. The number of anilines is 2. The number of nitrogens with zero attached hydrogens (tertiary/aromatic N) is 2. The Bertz CT molecular complexity index is 1040. The minimum absolute atomic E-state index is 0.0165. The van der Waals surface area contributed by atoms with Gasteiger partial charge in [-0.2, -0.15) is 0 Å². The Morgan fingerprint density at radius 2 is 1.94 bits per heavy atom. The molecule has 2 aromatic carbocycles. The number of rotatable bonds is 8. The fourth-order valence-corrected chi connectivity index (χ4v) is 3.37. The molecule has 0 radical (unpaired) electrons. The zero-order valence-electron chi connectivity index (χ0n) is 17.7. The Hall–Kier alpha value is -3.95. The van der Waals surface area contributed by atoms with Crippen LogP contribution in [0.25, 0.3) is 0 Å². The summed E-state index contributed by atoms with van der Waals surface area (Å²) in [4.78, 5) is 48.9. The predicted octanol–water partition coefficient (Wildman–Crippen LogP) is 2.70. The fraction of sp³-hybridized carbons (Fsp3) is 0.318. The summed E-state index contributed by atoms with van der Waals surface area (Å²) in [6, 6.07) is 11.4. The molecule has 0 spiro atoms. The lowest BCUT2D eigenvalue weighted by atomic mass is 10.1. The number of amides is 2. The maximum Gasteiger partial charge on any atom is 0.311 e. The minimum Gasteiger partial charge on any atom is -0.497 e. The van der Waals surface area contributed by atoms with Crippen LogP contribution in [0.3, 0.4) is 0 Å². The van der Waals surface area contributed by atoms with Crippen LogP contribution in [-0.2, 0) is 25.5 Å². The third-order valence-electron chi connectivity index (χ3n) is 5.13. The molecule has 2 aromatic rings. The van der Waals surface area contributed by atoms with Crippen LogP contribution in [0, 0.1) is 16.0 Å². The highest BCUT2D eigenvalue weighted by atomic mass is 16.6. The summed E-state index contributed by atoms with van der Waals surface area (Å²) in [6.07, 6.45) is 0.863. The van der Waals surface area contributed by atoms with Crippen molar-refractivity contribution in [1.29, 1.82) is 0 Å². The van der Waals surface area contributed by atoms with Gasteiger partial charge in [0.15, 0.2) is 6.61 Å². The first kappa shape index (κ1) is 22.7. The number of carbonyl (C=O) groups excluding carboxylic acids is 3. The molecular weight excluding hydrogens is 418 g/mol. The quantitative estimate of drug-likeness (QED) is 0.379. The molecule has 0 aromatic heterocycles. The highest BCUT2D eigenvalue weighted by Gasteiger charge is 2.36. The molecule has 1 aliphatic rings. The van der Waals surface area contributed by atoms with E-state index >= 15 is 0 Å². The topological polar surface area (TPSA) is 128 Å². The standard InChI is InChI=1S/C22H23N3O7/c1-3-14-4-6-16(7-5-14)24-12-15(10-21(24)27)22(28)32-13-20(26)23-18-11-17(31-2)8-9-19(18)25(29)30/h4-9,11,15H,3,10,12-13H2,1-2H3,(H,23,26)/t15-/m0/s1. The second-order valence-electron chi connectivity index (χ2n) is 7.22. The third kappa shape index (κ3) is 5.20. The molecule has 0 unspecified atom stereocenters. The van der Waals surface area contributed by atoms with Crippen LogP contribution in [0.5, 0.6) is 5.75 Å². The van der Waals surface area contributed by atoms with Gasteiger partial charge in [0.2, 0.25) is 5.91 Å². The zero-order valence-corrected chi connectivity index (χ0v) is 17.7. The zero-order chi connectivity index (χ0) is 23.3. The molecule has 0 aliphatic carbocycles. The van der Waals surface area contributed by atoms with E-state index in [0.717, 1.165) is 12.0 Å². The van der Waals surface area contributed by atoms with Crippen LogP contribution >= 0.6 is 0 Å². The van der Waals surface area contributed by atoms with Crippen molar-refractivity contribution in [3.63, 3.8) is 0 Å². The molecule has 0 saturated carbocycles. The summed E-state index contributed by atoms with van der Waals surface area (Å²) >= 11 is 0. The van der Waals surface area contributed by atoms with Crippen LogP contribution in [0.1, 0.15) is 18.9 Å². The average Bonchev–Trinajstić information content (AvgIpc) is 3.18. The monoisotopic (exact) mass is 441 g/mol. The van der Waals surface area contributed by atoms with Gasteiger partial charge in [0.05, 0.1) is 18.0 Å². The first-order chi connectivity index (χ1) is 15.3. The van der Waals surface area contributed by atoms with Crippen LogP contribution < -0.4 is 15.0 Å². The third-order valence-corrected chi connectivity index (χ3v) is 5.13. The van der Waals surface area contributed by atoms with E-state index in [0.29, 0.717) is 11.4 Å². The summed E-state index contributed by atoms with van der Waals surface area (Å²) in [5, 5.41) is 13.5. The highest BCUT2D eigenvalue weighted by molar-refractivity contribution is 6.00. The van der Waals surface area contributed by atoms with Gasteiger partial charge in [0.25, 0.3) is 11.6 Å². The predicted molar refractivity (Wildman–Crippen MR) is 116 cm³/mol. The van der Waals surface area contributed by atoms with Gasteiger partial charge in [-0.25, -0.2) is 0 Å². The van der Waals surface area contributed by atoms with Gasteiger partial charge < -0.3 is 19.7 Å². The van der Waals surface area contributed by atoms with E-state index in [9.17, 15) is 24.5 Å². The summed E-state index contributed by atoms with van der Waals surface area (Å²) in [6.45, 7) is 1.56. The number of nitrogens with one attached hydrogen (secondary N) is 1. The number of nitro groups is 1. The molecule has 0 bridgehead atoms. The molecule has 1 fully saturated rings. The van der Waals surface area contributed by atoms with Crippen molar-refractivity contribution >= 4 is 34.8 Å². The van der Waals surface area contributed by atoms with Crippen molar-refractivity contribution in [1.82, 2.24) is 0 Å². The molecule has 1 heterocycles. The number of carbonyl (C=O) groups is 3. The molecular formula is C22H23N3O7. The Labute approximate surface area is 184 Å². The second kappa shape index (κ2) is 9.90. The second-order valence-corrected chi connectivity index (χ2v) is 7.22. The number of hydrogen-bond donors (Lipinski definition) is 1. The van der Waals surface area contributed by atoms with E-state index in [1.165, 1.54) is 30.2 Å². The molecule has 10 heteroatoms. The molecule has 3 rings (SSSR count). The highest BCUT2D eigenvalue weighted by Crippen LogP contribution is 2.29. The number of esters is 1. The molecule has 1 saturated heterocycles. The van der Waals surface area contributed by atoms with E-state index in [2.05, 4.69) is 5.32 Å². The molecule has 32 heavy (non-hydrogen) atoms. The SMILES string of the molecule is CCc1ccc(N2C[C@@H](C(=O)OCC(=O)Nc3cc(OC)ccc3[N+](=O)[O-])CC2=O)cc1. The van der Waals surface area contributed by atoms with Gasteiger partial charge in [0, 0.05) is 30.8 Å². The molecule has 168 valence electrons. The Kier molecular flexibility index (Phi) is 7.04. The normalized spacial score (nSPS) is 15.4. The summed E-state index contributed by atoms with van der Waals surface area (Å²) in [7, 11) is 1.39. The first-order valence-electron chi connectivity index (χ1n) is 10.0. The fourth-order valence-electron chi connectivity index (χ4n) is 3.37. The summed E-state index contributed by atoms with van der Waals surface area (Å²) < 4.78 is 10.1. The van der Waals surface area contributed by atoms with Gasteiger partial charge in [-0.3, -0.25) is 24.5 Å². The lowest BCUT2D eigenvalue weighted by Gasteiger charge is -2.17. The van der Waals surface area contributed by atoms with Gasteiger partial charge in [0.1, 0.15) is 11.4 Å². The molecule has 1 N–H and O–H groups in total. The average molecular weight is 441 g/mol. The van der Waals surface area contributed by atoms with E-state index < -0.39 is 29.3 Å². The van der Waals surface area contributed by atoms with Crippen LogP contribution in [0.4, 0.5) is 17.1 Å². The van der Waals surface area contributed by atoms with Crippen molar-refractivity contribution in [2.24, 2.45) is 5.92 Å². The number of nitro benzene ring substituents is 1. The number of benzene rings is 2. The Morgan fingerprint density at radius 3 is 2.56 bits per heavy atom. The van der Waals surface area contributed by atoms with Crippen molar-refractivity contribution in [2.75, 3.05) is 30.5 Å². The first-order valence-corrected chi connectivity index (χ1v) is 10.0. The van der Waals surface area contributed by atoms with E-state index in [-0.39, 0.29) is 30.2 Å².